The predicted octanol–water partition coefficient (Wildman–Crippen LogP) is 2.28. The molecule has 0 aliphatic heterocycles. The summed E-state index contributed by atoms with van der Waals surface area (Å²) in [5, 5.41) is 3.61. The molecule has 1 unspecified atom stereocenters. The molecule has 0 bridgehead atoms. The fraction of sp³-hybridized carbons (Fsp3) is 1.00. The summed E-state index contributed by atoms with van der Waals surface area (Å²) in [6.45, 7) is 4.35. The van der Waals surface area contributed by atoms with Crippen LogP contribution in [-0.2, 0) is 0 Å². The highest BCUT2D eigenvalue weighted by Crippen LogP contribution is 2.18. The minimum absolute atomic E-state index is 0.851. The minimum Gasteiger partial charge on any atom is -0.330 e. The lowest BCUT2D eigenvalue weighted by molar-refractivity contribution is 0.329. The van der Waals surface area contributed by atoms with Gasteiger partial charge >= 0.3 is 0 Å². The van der Waals surface area contributed by atoms with E-state index in [1.165, 1.54) is 51.5 Å². The Morgan fingerprint density at radius 1 is 1.36 bits per heavy atom. The van der Waals surface area contributed by atoms with E-state index in [0.717, 1.165) is 18.5 Å². The summed E-state index contributed by atoms with van der Waals surface area (Å²) in [5.74, 6) is 0.864. The highest BCUT2D eigenvalue weighted by Gasteiger charge is 2.15. The summed E-state index contributed by atoms with van der Waals surface area (Å²) in [4.78, 5) is 0. The van der Waals surface area contributed by atoms with Crippen LogP contribution >= 0.6 is 0 Å². The Kier molecular flexibility index (Phi) is 6.20. The third-order valence-electron chi connectivity index (χ3n) is 3.48. The van der Waals surface area contributed by atoms with Crippen molar-refractivity contribution in [2.24, 2.45) is 11.7 Å². The van der Waals surface area contributed by atoms with Crippen LogP contribution in [0.25, 0.3) is 0 Å². The molecule has 1 aliphatic rings. The molecule has 1 fully saturated rings. The zero-order valence-corrected chi connectivity index (χ0v) is 9.60. The molecule has 0 aromatic rings. The summed E-state index contributed by atoms with van der Waals surface area (Å²) in [5.41, 5.74) is 5.57. The van der Waals surface area contributed by atoms with Gasteiger partial charge in [0, 0.05) is 6.04 Å². The Hall–Kier alpha value is -0.0800. The van der Waals surface area contributed by atoms with Crippen LogP contribution < -0.4 is 11.1 Å². The van der Waals surface area contributed by atoms with Gasteiger partial charge in [-0.2, -0.15) is 0 Å². The average Bonchev–Trinajstić information content (AvgIpc) is 2.13. The molecule has 1 atom stereocenters. The van der Waals surface area contributed by atoms with Gasteiger partial charge in [0.05, 0.1) is 0 Å². The first-order chi connectivity index (χ1) is 6.86. The topological polar surface area (TPSA) is 38.0 Å². The molecule has 1 rings (SSSR count). The second kappa shape index (κ2) is 7.24. The van der Waals surface area contributed by atoms with Gasteiger partial charge in [-0.05, 0) is 51.1 Å². The van der Waals surface area contributed by atoms with Crippen LogP contribution in [0.3, 0.4) is 0 Å². The van der Waals surface area contributed by atoms with E-state index in [1.807, 2.05) is 0 Å². The number of hydrogen-bond acceptors (Lipinski definition) is 2. The lowest BCUT2D eigenvalue weighted by Crippen LogP contribution is -2.35. The fourth-order valence-electron chi connectivity index (χ4n) is 2.10. The van der Waals surface area contributed by atoms with E-state index in [2.05, 4.69) is 12.2 Å². The lowest BCUT2D eigenvalue weighted by Gasteiger charge is -2.26. The van der Waals surface area contributed by atoms with Crippen molar-refractivity contribution in [1.29, 1.82) is 0 Å². The van der Waals surface area contributed by atoms with Gasteiger partial charge in [-0.25, -0.2) is 0 Å². The third-order valence-corrected chi connectivity index (χ3v) is 3.48. The van der Waals surface area contributed by atoms with E-state index in [9.17, 15) is 0 Å². The minimum atomic E-state index is 0.851. The first-order valence-corrected chi connectivity index (χ1v) is 6.30. The van der Waals surface area contributed by atoms with Gasteiger partial charge in [0.2, 0.25) is 0 Å². The molecule has 3 N–H and O–H groups in total. The van der Waals surface area contributed by atoms with Crippen molar-refractivity contribution in [2.45, 2.75) is 57.9 Å². The smallest absolute Gasteiger partial charge is 0.00670 e. The number of hydrogen-bond donors (Lipinski definition) is 2. The summed E-state index contributed by atoms with van der Waals surface area (Å²) >= 11 is 0. The van der Waals surface area contributed by atoms with Crippen LogP contribution in [0.5, 0.6) is 0 Å². The maximum atomic E-state index is 5.57. The Labute approximate surface area is 88.6 Å². The largest absolute Gasteiger partial charge is 0.330 e. The second-order valence-corrected chi connectivity index (χ2v) is 4.58. The monoisotopic (exact) mass is 198 g/mol. The van der Waals surface area contributed by atoms with Crippen LogP contribution in [0.4, 0.5) is 0 Å². The highest BCUT2D eigenvalue weighted by molar-refractivity contribution is 4.76. The third kappa shape index (κ3) is 4.43. The number of nitrogens with two attached hydrogens (primary N) is 1. The van der Waals surface area contributed by atoms with Crippen LogP contribution in [0.15, 0.2) is 0 Å². The van der Waals surface area contributed by atoms with Gasteiger partial charge < -0.3 is 11.1 Å². The number of nitrogens with one attached hydrogen (secondary N) is 1. The molecule has 0 radical (unpaired) electrons. The molecule has 0 spiro atoms. The van der Waals surface area contributed by atoms with E-state index in [0.29, 0.717) is 0 Å². The van der Waals surface area contributed by atoms with Crippen LogP contribution in [0.2, 0.25) is 0 Å². The number of rotatable bonds is 8. The maximum absolute atomic E-state index is 5.57. The van der Waals surface area contributed by atoms with Crippen LogP contribution in [0, 0.1) is 5.92 Å². The Morgan fingerprint density at radius 2 is 2.14 bits per heavy atom. The van der Waals surface area contributed by atoms with Crippen molar-refractivity contribution in [3.8, 4) is 0 Å². The normalized spacial score (nSPS) is 19.3. The molecule has 14 heavy (non-hydrogen) atoms. The molecule has 0 aromatic carbocycles. The second-order valence-electron chi connectivity index (χ2n) is 4.58. The Morgan fingerprint density at radius 3 is 2.64 bits per heavy atom. The van der Waals surface area contributed by atoms with Crippen molar-refractivity contribution in [3.05, 3.63) is 0 Å². The van der Waals surface area contributed by atoms with E-state index < -0.39 is 0 Å². The van der Waals surface area contributed by atoms with E-state index >= 15 is 0 Å². The van der Waals surface area contributed by atoms with Gasteiger partial charge in [0.15, 0.2) is 0 Å². The summed E-state index contributed by atoms with van der Waals surface area (Å²) in [7, 11) is 0. The van der Waals surface area contributed by atoms with Crippen molar-refractivity contribution >= 4 is 0 Å². The Balaban J connectivity index is 1.89. The molecule has 0 heterocycles. The molecule has 0 saturated heterocycles. The van der Waals surface area contributed by atoms with Crippen molar-refractivity contribution in [1.82, 2.24) is 5.32 Å². The highest BCUT2D eigenvalue weighted by atomic mass is 14.9. The lowest BCUT2D eigenvalue weighted by atomic mass is 9.92. The SMILES string of the molecule is CCC(CCN)CCCNC1CCC1. The predicted molar refractivity (Wildman–Crippen MR) is 62.3 cm³/mol. The van der Waals surface area contributed by atoms with Gasteiger partial charge in [0.25, 0.3) is 0 Å². The van der Waals surface area contributed by atoms with Crippen molar-refractivity contribution in [3.63, 3.8) is 0 Å². The zero-order valence-electron chi connectivity index (χ0n) is 9.60. The van der Waals surface area contributed by atoms with Crippen LogP contribution in [-0.4, -0.2) is 19.1 Å². The molecule has 2 nitrogen and oxygen atoms in total. The molecule has 2 heteroatoms. The zero-order chi connectivity index (χ0) is 10.2. The molecular weight excluding hydrogens is 172 g/mol. The molecule has 1 saturated carbocycles. The van der Waals surface area contributed by atoms with Crippen molar-refractivity contribution in [2.75, 3.05) is 13.1 Å². The van der Waals surface area contributed by atoms with Crippen LogP contribution in [0.1, 0.15) is 51.9 Å². The fourth-order valence-corrected chi connectivity index (χ4v) is 2.10. The Bertz CT molecular complexity index is 132. The van der Waals surface area contributed by atoms with E-state index in [4.69, 9.17) is 5.73 Å². The van der Waals surface area contributed by atoms with Gasteiger partial charge in [-0.3, -0.25) is 0 Å². The average molecular weight is 198 g/mol. The maximum Gasteiger partial charge on any atom is 0.00670 e. The van der Waals surface area contributed by atoms with E-state index in [-0.39, 0.29) is 0 Å². The summed E-state index contributed by atoms with van der Waals surface area (Å²) in [6.07, 6.45) is 9.42. The first kappa shape index (κ1) is 12.0. The molecular formula is C12H26N2. The molecule has 1 aliphatic carbocycles. The van der Waals surface area contributed by atoms with Gasteiger partial charge in [-0.15, -0.1) is 0 Å². The molecule has 0 aromatic heterocycles. The standard InChI is InChI=1S/C12H26N2/c1-2-11(8-9-13)5-4-10-14-12-6-3-7-12/h11-12,14H,2-10,13H2,1H3. The summed E-state index contributed by atoms with van der Waals surface area (Å²) < 4.78 is 0. The quantitative estimate of drug-likeness (QED) is 0.587. The summed E-state index contributed by atoms with van der Waals surface area (Å²) in [6, 6.07) is 0.851. The first-order valence-electron chi connectivity index (χ1n) is 6.30. The van der Waals surface area contributed by atoms with Crippen molar-refractivity contribution < 1.29 is 0 Å². The van der Waals surface area contributed by atoms with E-state index in [1.54, 1.807) is 0 Å². The molecule has 0 amide bonds. The van der Waals surface area contributed by atoms with Gasteiger partial charge in [0.1, 0.15) is 0 Å². The molecule has 84 valence electrons. The van der Waals surface area contributed by atoms with Gasteiger partial charge in [-0.1, -0.05) is 19.8 Å².